The van der Waals surface area contributed by atoms with Crippen LogP contribution in [0.5, 0.6) is 5.75 Å². The number of fused-ring (bicyclic) bond motifs is 1. The lowest BCUT2D eigenvalue weighted by atomic mass is 10.2. The molecular weight excluding hydrogens is 369 g/mol. The number of halogens is 1. The van der Waals surface area contributed by atoms with Crippen molar-refractivity contribution in [3.05, 3.63) is 67.0 Å². The van der Waals surface area contributed by atoms with Crippen LogP contribution in [-0.2, 0) is 0 Å². The van der Waals surface area contributed by atoms with Crippen molar-refractivity contribution >= 4 is 22.4 Å². The summed E-state index contributed by atoms with van der Waals surface area (Å²) in [6.07, 6.45) is 6.09. The van der Waals surface area contributed by atoms with Crippen LogP contribution in [0.4, 0.5) is 15.9 Å². The minimum absolute atomic E-state index is 0.408. The summed E-state index contributed by atoms with van der Waals surface area (Å²) in [7, 11) is 0. The second-order valence-electron chi connectivity index (χ2n) is 7.04. The van der Waals surface area contributed by atoms with Crippen LogP contribution < -0.4 is 10.1 Å². The van der Waals surface area contributed by atoms with Gasteiger partial charge >= 0.3 is 0 Å². The zero-order valence-corrected chi connectivity index (χ0v) is 16.1. The molecule has 4 rings (SSSR count). The van der Waals surface area contributed by atoms with Gasteiger partial charge in [-0.05, 0) is 36.2 Å². The summed E-state index contributed by atoms with van der Waals surface area (Å²) >= 11 is 0. The van der Waals surface area contributed by atoms with Crippen LogP contribution >= 0.6 is 0 Å². The Morgan fingerprint density at radius 1 is 1.03 bits per heavy atom. The summed E-state index contributed by atoms with van der Waals surface area (Å²) in [5.74, 6) is 1.77. The van der Waals surface area contributed by atoms with E-state index >= 15 is 0 Å². The van der Waals surface area contributed by atoms with Crippen molar-refractivity contribution in [1.82, 2.24) is 19.9 Å². The Morgan fingerprint density at radius 3 is 2.69 bits per heavy atom. The zero-order valence-electron chi connectivity index (χ0n) is 16.1. The van der Waals surface area contributed by atoms with Crippen molar-refractivity contribution in [3.8, 4) is 17.1 Å². The average Bonchev–Trinajstić information content (AvgIpc) is 2.73. The molecule has 0 fully saturated rings. The van der Waals surface area contributed by atoms with E-state index in [2.05, 4.69) is 39.1 Å². The van der Waals surface area contributed by atoms with Crippen molar-refractivity contribution in [1.29, 1.82) is 0 Å². The molecule has 0 radical (unpaired) electrons. The van der Waals surface area contributed by atoms with Crippen LogP contribution in [0.3, 0.4) is 0 Å². The molecule has 0 bridgehead atoms. The maximum absolute atomic E-state index is 13.6. The number of hydrogen-bond donors (Lipinski definition) is 1. The molecule has 4 aromatic rings. The fourth-order valence-corrected chi connectivity index (χ4v) is 2.80. The molecule has 0 aliphatic rings. The molecule has 3 heterocycles. The van der Waals surface area contributed by atoms with Gasteiger partial charge in [0.15, 0.2) is 5.82 Å². The lowest BCUT2D eigenvalue weighted by molar-refractivity contribution is 0.271. The fraction of sp³-hybridized carbons (Fsp3) is 0.182. The van der Waals surface area contributed by atoms with Crippen LogP contribution in [0.1, 0.15) is 13.8 Å². The van der Waals surface area contributed by atoms with Crippen molar-refractivity contribution in [3.63, 3.8) is 0 Å². The highest BCUT2D eigenvalue weighted by Gasteiger charge is 2.12. The first-order chi connectivity index (χ1) is 14.1. The monoisotopic (exact) mass is 389 g/mol. The van der Waals surface area contributed by atoms with Crippen LogP contribution in [-0.4, -0.2) is 26.5 Å². The van der Waals surface area contributed by atoms with E-state index in [1.807, 2.05) is 30.3 Å². The number of rotatable bonds is 6. The van der Waals surface area contributed by atoms with E-state index in [4.69, 9.17) is 4.74 Å². The van der Waals surface area contributed by atoms with Gasteiger partial charge in [-0.3, -0.25) is 9.97 Å². The number of ether oxygens (including phenoxy) is 1. The number of benzene rings is 1. The van der Waals surface area contributed by atoms with Gasteiger partial charge in [0, 0.05) is 29.4 Å². The molecule has 6 nitrogen and oxygen atoms in total. The second-order valence-corrected chi connectivity index (χ2v) is 7.04. The molecule has 3 aromatic heterocycles. The normalized spacial score (nSPS) is 11.0. The number of anilines is 2. The summed E-state index contributed by atoms with van der Waals surface area (Å²) in [6.45, 7) is 4.79. The van der Waals surface area contributed by atoms with E-state index in [0.29, 0.717) is 29.9 Å². The van der Waals surface area contributed by atoms with Crippen molar-refractivity contribution < 1.29 is 9.13 Å². The van der Waals surface area contributed by atoms with Gasteiger partial charge in [-0.15, -0.1) is 0 Å². The number of aromatic nitrogens is 4. The highest BCUT2D eigenvalue weighted by molar-refractivity contribution is 5.93. The van der Waals surface area contributed by atoms with Crippen LogP contribution in [0.2, 0.25) is 0 Å². The first kappa shape index (κ1) is 18.7. The topological polar surface area (TPSA) is 72.8 Å². The largest absolute Gasteiger partial charge is 0.493 e. The lowest BCUT2D eigenvalue weighted by Gasteiger charge is -2.13. The van der Waals surface area contributed by atoms with Gasteiger partial charge in [-0.25, -0.2) is 14.4 Å². The van der Waals surface area contributed by atoms with E-state index < -0.39 is 5.82 Å². The first-order valence-electron chi connectivity index (χ1n) is 9.31. The maximum Gasteiger partial charge on any atom is 0.163 e. The molecule has 0 spiro atoms. The van der Waals surface area contributed by atoms with E-state index in [1.165, 1.54) is 6.07 Å². The Morgan fingerprint density at radius 2 is 1.93 bits per heavy atom. The van der Waals surface area contributed by atoms with E-state index in [0.717, 1.165) is 28.4 Å². The van der Waals surface area contributed by atoms with Crippen molar-refractivity contribution in [2.75, 3.05) is 11.9 Å². The number of nitrogens with one attached hydrogen (secondary N) is 1. The minimum Gasteiger partial charge on any atom is -0.493 e. The highest BCUT2D eigenvalue weighted by atomic mass is 19.1. The van der Waals surface area contributed by atoms with Gasteiger partial charge in [0.25, 0.3) is 0 Å². The van der Waals surface area contributed by atoms with Gasteiger partial charge in [0.2, 0.25) is 0 Å². The summed E-state index contributed by atoms with van der Waals surface area (Å²) in [4.78, 5) is 17.4. The van der Waals surface area contributed by atoms with Gasteiger partial charge in [-0.2, -0.15) is 0 Å². The van der Waals surface area contributed by atoms with Gasteiger partial charge < -0.3 is 10.1 Å². The molecule has 0 aliphatic carbocycles. The fourth-order valence-electron chi connectivity index (χ4n) is 2.80. The number of pyridine rings is 2. The standard InChI is InChI=1S/C22H20FN5O/c1-14(2)13-29-18-5-6-20-19(9-18)22(26-17-8-16(23)11-25-12-17)28-21(27-20)15-4-3-7-24-10-15/h3-12,14H,13H2,1-2H3,(H,26,27,28). The van der Waals surface area contributed by atoms with E-state index in [9.17, 15) is 4.39 Å². The zero-order chi connectivity index (χ0) is 20.2. The van der Waals surface area contributed by atoms with E-state index in [-0.39, 0.29) is 0 Å². The first-order valence-corrected chi connectivity index (χ1v) is 9.31. The Hall–Kier alpha value is -3.61. The average molecular weight is 389 g/mol. The number of hydrogen-bond acceptors (Lipinski definition) is 6. The second kappa shape index (κ2) is 8.18. The van der Waals surface area contributed by atoms with Crippen LogP contribution in [0, 0.1) is 11.7 Å². The summed E-state index contributed by atoms with van der Waals surface area (Å²) in [5, 5.41) is 3.93. The molecule has 0 aliphatic heterocycles. The van der Waals surface area contributed by atoms with Crippen LogP contribution in [0.25, 0.3) is 22.3 Å². The smallest absolute Gasteiger partial charge is 0.163 e. The minimum atomic E-state index is -0.429. The maximum atomic E-state index is 13.6. The third-order valence-corrected chi connectivity index (χ3v) is 4.14. The lowest BCUT2D eigenvalue weighted by Crippen LogP contribution is -2.05. The number of nitrogens with zero attached hydrogens (tertiary/aromatic N) is 4. The molecule has 146 valence electrons. The van der Waals surface area contributed by atoms with Crippen molar-refractivity contribution in [2.45, 2.75) is 13.8 Å². The van der Waals surface area contributed by atoms with Gasteiger partial charge in [0.1, 0.15) is 17.4 Å². The van der Waals surface area contributed by atoms with Gasteiger partial charge in [0.05, 0.1) is 30.2 Å². The molecule has 0 atom stereocenters. The molecule has 1 aromatic carbocycles. The Balaban J connectivity index is 1.81. The molecule has 0 amide bonds. The quantitative estimate of drug-likeness (QED) is 0.500. The van der Waals surface area contributed by atoms with Crippen molar-refractivity contribution in [2.24, 2.45) is 5.92 Å². The predicted molar refractivity (Wildman–Crippen MR) is 111 cm³/mol. The Labute approximate surface area is 167 Å². The Kier molecular flexibility index (Phi) is 5.29. The van der Waals surface area contributed by atoms with Crippen LogP contribution in [0.15, 0.2) is 61.2 Å². The molecule has 0 saturated carbocycles. The van der Waals surface area contributed by atoms with E-state index in [1.54, 1.807) is 18.6 Å². The Bertz CT molecular complexity index is 1130. The molecule has 29 heavy (non-hydrogen) atoms. The van der Waals surface area contributed by atoms with Gasteiger partial charge in [-0.1, -0.05) is 13.8 Å². The highest BCUT2D eigenvalue weighted by Crippen LogP contribution is 2.30. The SMILES string of the molecule is CC(C)COc1ccc2nc(-c3cccnc3)nc(Nc3cncc(F)c3)c2c1. The molecule has 7 heteroatoms. The molecule has 0 unspecified atom stereocenters. The third kappa shape index (κ3) is 4.45. The molecule has 1 N–H and O–H groups in total. The molecule has 0 saturated heterocycles. The summed E-state index contributed by atoms with van der Waals surface area (Å²) in [6, 6.07) is 10.8. The molecular formula is C22H20FN5O. The third-order valence-electron chi connectivity index (χ3n) is 4.14. The summed E-state index contributed by atoms with van der Waals surface area (Å²) in [5.41, 5.74) is 2.02. The summed E-state index contributed by atoms with van der Waals surface area (Å²) < 4.78 is 19.5. The predicted octanol–water partition coefficient (Wildman–Crippen LogP) is 5.00.